The van der Waals surface area contributed by atoms with Crippen LogP contribution in [0.2, 0.25) is 0 Å². The zero-order chi connectivity index (χ0) is 14.5. The van der Waals surface area contributed by atoms with Gasteiger partial charge in [0.05, 0.1) is 0 Å². The van der Waals surface area contributed by atoms with E-state index in [0.717, 1.165) is 18.8 Å². The predicted molar refractivity (Wildman–Crippen MR) is 86.2 cm³/mol. The van der Waals surface area contributed by atoms with Gasteiger partial charge in [0.25, 0.3) is 0 Å². The monoisotopic (exact) mass is 284 g/mol. The maximum absolute atomic E-state index is 13.6. The molecule has 1 heterocycles. The highest BCUT2D eigenvalue weighted by atomic mass is 19.1. The van der Waals surface area contributed by atoms with E-state index >= 15 is 0 Å². The van der Waals surface area contributed by atoms with Crippen LogP contribution in [0.5, 0.6) is 0 Å². The Kier molecular flexibility index (Phi) is 4.39. The first-order chi connectivity index (χ1) is 10.3. The molecule has 1 fully saturated rings. The third kappa shape index (κ3) is 3.54. The minimum absolute atomic E-state index is 0.157. The first-order valence-corrected chi connectivity index (χ1v) is 7.65. The molecule has 0 aliphatic carbocycles. The van der Waals surface area contributed by atoms with Gasteiger partial charge in [-0.2, -0.15) is 0 Å². The molecule has 1 aliphatic heterocycles. The van der Waals surface area contributed by atoms with Crippen molar-refractivity contribution in [3.05, 3.63) is 59.9 Å². The lowest BCUT2D eigenvalue weighted by Gasteiger charge is -2.28. The average molecular weight is 284 g/mol. The van der Waals surface area contributed by atoms with Crippen molar-refractivity contribution < 1.29 is 4.39 Å². The molecule has 21 heavy (non-hydrogen) atoms. The number of benzene rings is 2. The molecule has 0 saturated carbocycles. The summed E-state index contributed by atoms with van der Waals surface area (Å²) in [5.74, 6) is -0.157. The Morgan fingerprint density at radius 3 is 2.33 bits per heavy atom. The van der Waals surface area contributed by atoms with Crippen LogP contribution in [0, 0.1) is 5.82 Å². The molecule has 3 rings (SSSR count). The van der Waals surface area contributed by atoms with Crippen LogP contribution >= 0.6 is 0 Å². The molecule has 1 saturated heterocycles. The standard InChI is InChI=1S/C18H21FN2/c19-18-7-3-2-6-15(18)14-20-16-8-10-17(11-9-16)21-12-4-1-5-13-21/h2-3,6-11,20H,1,4-5,12-14H2. The van der Waals surface area contributed by atoms with E-state index in [4.69, 9.17) is 0 Å². The maximum atomic E-state index is 13.6. The molecule has 0 amide bonds. The average Bonchev–Trinajstić information content (AvgIpc) is 2.55. The smallest absolute Gasteiger partial charge is 0.128 e. The van der Waals surface area contributed by atoms with Crippen LogP contribution in [0.25, 0.3) is 0 Å². The number of nitrogens with one attached hydrogen (secondary N) is 1. The summed E-state index contributed by atoms with van der Waals surface area (Å²) in [5.41, 5.74) is 3.00. The van der Waals surface area contributed by atoms with Gasteiger partial charge in [-0.3, -0.25) is 0 Å². The molecule has 2 aromatic carbocycles. The highest BCUT2D eigenvalue weighted by Crippen LogP contribution is 2.22. The molecule has 0 radical (unpaired) electrons. The minimum atomic E-state index is -0.157. The molecule has 2 aromatic rings. The van der Waals surface area contributed by atoms with Crippen LogP contribution in [-0.4, -0.2) is 13.1 Å². The van der Waals surface area contributed by atoms with E-state index in [1.54, 1.807) is 6.07 Å². The Labute approximate surface area is 125 Å². The van der Waals surface area contributed by atoms with Crippen molar-refractivity contribution in [2.75, 3.05) is 23.3 Å². The van der Waals surface area contributed by atoms with Crippen LogP contribution in [-0.2, 0) is 6.54 Å². The van der Waals surface area contributed by atoms with E-state index in [1.165, 1.54) is 31.0 Å². The van der Waals surface area contributed by atoms with E-state index in [9.17, 15) is 4.39 Å². The molecule has 1 aliphatic rings. The second-order valence-corrected chi connectivity index (χ2v) is 5.54. The summed E-state index contributed by atoms with van der Waals surface area (Å²) in [6.45, 7) is 2.82. The van der Waals surface area contributed by atoms with Gasteiger partial charge < -0.3 is 10.2 Å². The highest BCUT2D eigenvalue weighted by Gasteiger charge is 2.10. The van der Waals surface area contributed by atoms with Gasteiger partial charge in [-0.25, -0.2) is 4.39 Å². The number of nitrogens with zero attached hydrogens (tertiary/aromatic N) is 1. The molecule has 0 aromatic heterocycles. The van der Waals surface area contributed by atoms with Crippen molar-refractivity contribution in [2.24, 2.45) is 0 Å². The van der Waals surface area contributed by atoms with Crippen LogP contribution in [0.15, 0.2) is 48.5 Å². The Morgan fingerprint density at radius 1 is 0.905 bits per heavy atom. The summed E-state index contributed by atoms with van der Waals surface area (Å²) < 4.78 is 13.6. The molecule has 3 heteroatoms. The highest BCUT2D eigenvalue weighted by molar-refractivity contribution is 5.55. The fraction of sp³-hybridized carbons (Fsp3) is 0.333. The molecule has 0 bridgehead atoms. The SMILES string of the molecule is Fc1ccccc1CNc1ccc(N2CCCCC2)cc1. The Balaban J connectivity index is 1.60. The van der Waals surface area contributed by atoms with Gasteiger partial charge in [0.15, 0.2) is 0 Å². The number of hydrogen-bond acceptors (Lipinski definition) is 2. The summed E-state index contributed by atoms with van der Waals surface area (Å²) in [4.78, 5) is 2.43. The second-order valence-electron chi connectivity index (χ2n) is 5.54. The molecule has 1 N–H and O–H groups in total. The Morgan fingerprint density at radius 2 is 1.62 bits per heavy atom. The van der Waals surface area contributed by atoms with Crippen LogP contribution in [0.3, 0.4) is 0 Å². The molecule has 0 unspecified atom stereocenters. The van der Waals surface area contributed by atoms with E-state index in [1.807, 2.05) is 12.1 Å². The van der Waals surface area contributed by atoms with E-state index < -0.39 is 0 Å². The van der Waals surface area contributed by atoms with Crippen molar-refractivity contribution in [3.8, 4) is 0 Å². The number of piperidine rings is 1. The lowest BCUT2D eigenvalue weighted by atomic mass is 10.1. The van der Waals surface area contributed by atoms with Crippen molar-refractivity contribution in [2.45, 2.75) is 25.8 Å². The van der Waals surface area contributed by atoms with E-state index in [0.29, 0.717) is 12.1 Å². The van der Waals surface area contributed by atoms with Crippen LogP contribution < -0.4 is 10.2 Å². The number of halogens is 1. The molecule has 2 nitrogen and oxygen atoms in total. The van der Waals surface area contributed by atoms with Crippen molar-refractivity contribution >= 4 is 11.4 Å². The molecular formula is C18H21FN2. The summed E-state index contributed by atoms with van der Waals surface area (Å²) in [5, 5.41) is 3.27. The maximum Gasteiger partial charge on any atom is 0.128 e. The number of anilines is 2. The van der Waals surface area contributed by atoms with Gasteiger partial charge in [-0.05, 0) is 49.6 Å². The van der Waals surface area contributed by atoms with E-state index in [2.05, 4.69) is 34.5 Å². The first kappa shape index (κ1) is 13.9. The van der Waals surface area contributed by atoms with Gasteiger partial charge in [0.1, 0.15) is 5.82 Å². The summed E-state index contributed by atoms with van der Waals surface area (Å²) in [6, 6.07) is 15.3. The molecule has 0 atom stereocenters. The van der Waals surface area contributed by atoms with Crippen LogP contribution in [0.1, 0.15) is 24.8 Å². The number of hydrogen-bond donors (Lipinski definition) is 1. The molecule has 110 valence electrons. The topological polar surface area (TPSA) is 15.3 Å². The summed E-state index contributed by atoms with van der Waals surface area (Å²) >= 11 is 0. The molecular weight excluding hydrogens is 263 g/mol. The third-order valence-corrected chi connectivity index (χ3v) is 4.03. The van der Waals surface area contributed by atoms with Gasteiger partial charge in [0, 0.05) is 36.6 Å². The Bertz CT molecular complexity index is 574. The normalized spacial score (nSPS) is 15.0. The van der Waals surface area contributed by atoms with Gasteiger partial charge >= 0.3 is 0 Å². The fourth-order valence-electron chi connectivity index (χ4n) is 2.78. The second kappa shape index (κ2) is 6.61. The van der Waals surface area contributed by atoms with Crippen molar-refractivity contribution in [1.29, 1.82) is 0 Å². The van der Waals surface area contributed by atoms with Crippen molar-refractivity contribution in [3.63, 3.8) is 0 Å². The van der Waals surface area contributed by atoms with Gasteiger partial charge in [-0.1, -0.05) is 18.2 Å². The summed E-state index contributed by atoms with van der Waals surface area (Å²) in [7, 11) is 0. The van der Waals surface area contributed by atoms with Crippen LogP contribution in [0.4, 0.5) is 15.8 Å². The quantitative estimate of drug-likeness (QED) is 0.893. The van der Waals surface area contributed by atoms with Gasteiger partial charge in [-0.15, -0.1) is 0 Å². The molecule has 0 spiro atoms. The lowest BCUT2D eigenvalue weighted by Crippen LogP contribution is -2.29. The van der Waals surface area contributed by atoms with Gasteiger partial charge in [0.2, 0.25) is 0 Å². The summed E-state index contributed by atoms with van der Waals surface area (Å²) in [6.07, 6.45) is 3.92. The van der Waals surface area contributed by atoms with E-state index in [-0.39, 0.29) is 5.82 Å². The predicted octanol–water partition coefficient (Wildman–Crippen LogP) is 4.43. The minimum Gasteiger partial charge on any atom is -0.381 e. The third-order valence-electron chi connectivity index (χ3n) is 4.03. The zero-order valence-corrected chi connectivity index (χ0v) is 12.2. The number of rotatable bonds is 4. The first-order valence-electron chi connectivity index (χ1n) is 7.65. The lowest BCUT2D eigenvalue weighted by molar-refractivity contribution is 0.578. The largest absolute Gasteiger partial charge is 0.381 e. The fourth-order valence-corrected chi connectivity index (χ4v) is 2.78. The zero-order valence-electron chi connectivity index (χ0n) is 12.2. The van der Waals surface area contributed by atoms with Crippen molar-refractivity contribution in [1.82, 2.24) is 0 Å². The Hall–Kier alpha value is -2.03.